The average molecular weight is 514 g/mol. The zero-order chi connectivity index (χ0) is 24.4. The van der Waals surface area contributed by atoms with Crippen LogP contribution in [0.25, 0.3) is 10.9 Å². The molecular weight excluding hydrogens is 493 g/mol. The van der Waals surface area contributed by atoms with Gasteiger partial charge in [-0.3, -0.25) is 19.6 Å². The Kier molecular flexibility index (Phi) is 7.42. The van der Waals surface area contributed by atoms with Crippen LogP contribution in [0.2, 0.25) is 5.02 Å². The standard InChI is InChI=1S/C20H21ClN3O7PS/c1-3-12(2)31-32(27,28)17-9-14-10-18(15(21)11-16(14)22-20(17)26)33(29,30)24-23-19(25)13-7-5-4-6-8-13/h4-12,24H,3H2,1-2H3,(H,22,26)(H,23,25)(H,27,28). The second-order valence-corrected chi connectivity index (χ2v) is 10.9. The number of rotatable bonds is 8. The number of fused-ring (bicyclic) bond motifs is 1. The van der Waals surface area contributed by atoms with Crippen molar-refractivity contribution in [3.05, 3.63) is 69.5 Å². The minimum atomic E-state index is -4.49. The lowest BCUT2D eigenvalue weighted by atomic mass is 10.2. The van der Waals surface area contributed by atoms with Crippen molar-refractivity contribution >= 4 is 51.3 Å². The molecule has 0 spiro atoms. The van der Waals surface area contributed by atoms with E-state index in [-0.39, 0.29) is 21.5 Å². The van der Waals surface area contributed by atoms with Crippen LogP contribution in [0.5, 0.6) is 0 Å². The van der Waals surface area contributed by atoms with Gasteiger partial charge in [0.2, 0.25) is 0 Å². The number of benzene rings is 2. The number of hydrogen-bond acceptors (Lipinski definition) is 6. The Morgan fingerprint density at radius 3 is 2.55 bits per heavy atom. The molecule has 4 N–H and O–H groups in total. The number of pyridine rings is 1. The molecule has 3 aromatic rings. The van der Waals surface area contributed by atoms with Gasteiger partial charge < -0.3 is 14.4 Å². The highest BCUT2D eigenvalue weighted by Crippen LogP contribution is 2.42. The van der Waals surface area contributed by atoms with Crippen LogP contribution < -0.4 is 21.1 Å². The fourth-order valence-corrected chi connectivity index (χ4v) is 5.59. The summed E-state index contributed by atoms with van der Waals surface area (Å²) in [6.07, 6.45) is -0.150. The van der Waals surface area contributed by atoms with Gasteiger partial charge in [-0.1, -0.05) is 36.7 Å². The third-order valence-electron chi connectivity index (χ3n) is 4.70. The molecular formula is C20H21ClN3O7PS. The third-order valence-corrected chi connectivity index (χ3v) is 8.00. The molecule has 0 bridgehead atoms. The van der Waals surface area contributed by atoms with Crippen molar-refractivity contribution < 1.29 is 27.2 Å². The average Bonchev–Trinajstić information content (AvgIpc) is 2.76. The molecule has 1 aromatic heterocycles. The van der Waals surface area contributed by atoms with Gasteiger partial charge in [-0.05, 0) is 43.7 Å². The number of nitrogens with one attached hydrogen (secondary N) is 3. The van der Waals surface area contributed by atoms with Crippen molar-refractivity contribution in [1.82, 2.24) is 15.2 Å². The molecule has 0 saturated carbocycles. The zero-order valence-corrected chi connectivity index (χ0v) is 20.0. The first-order valence-electron chi connectivity index (χ1n) is 9.70. The van der Waals surface area contributed by atoms with Gasteiger partial charge in [0.15, 0.2) is 0 Å². The molecule has 2 aromatic carbocycles. The van der Waals surface area contributed by atoms with Crippen LogP contribution in [0.4, 0.5) is 0 Å². The predicted octanol–water partition coefficient (Wildman–Crippen LogP) is 2.43. The van der Waals surface area contributed by atoms with Crippen LogP contribution in [0.1, 0.15) is 30.6 Å². The Hall–Kier alpha value is -2.53. The van der Waals surface area contributed by atoms with E-state index in [0.29, 0.717) is 6.42 Å². The summed E-state index contributed by atoms with van der Waals surface area (Å²) >= 11 is 6.11. The second-order valence-electron chi connectivity index (χ2n) is 7.12. The van der Waals surface area contributed by atoms with Gasteiger partial charge in [-0.2, -0.15) is 0 Å². The van der Waals surface area contributed by atoms with Gasteiger partial charge in [0.05, 0.1) is 11.1 Å². The van der Waals surface area contributed by atoms with Gasteiger partial charge in [-0.15, -0.1) is 4.83 Å². The van der Waals surface area contributed by atoms with Crippen molar-refractivity contribution in [1.29, 1.82) is 0 Å². The Morgan fingerprint density at radius 2 is 1.91 bits per heavy atom. The van der Waals surface area contributed by atoms with Crippen LogP contribution in [0.15, 0.2) is 58.2 Å². The fraction of sp³-hybridized carbons (Fsp3) is 0.200. The van der Waals surface area contributed by atoms with Crippen LogP contribution in [-0.2, 0) is 19.1 Å². The molecule has 3 rings (SSSR count). The number of halogens is 1. The molecule has 0 saturated heterocycles. The number of sulfonamides is 1. The third kappa shape index (κ3) is 5.70. The Morgan fingerprint density at radius 1 is 1.24 bits per heavy atom. The van der Waals surface area contributed by atoms with Gasteiger partial charge in [0.1, 0.15) is 10.2 Å². The first kappa shape index (κ1) is 25.1. The molecule has 33 heavy (non-hydrogen) atoms. The van der Waals surface area contributed by atoms with Gasteiger partial charge in [-0.25, -0.2) is 8.42 Å². The lowest BCUT2D eigenvalue weighted by molar-refractivity contribution is 0.0945. The van der Waals surface area contributed by atoms with Crippen LogP contribution in [0.3, 0.4) is 0 Å². The van der Waals surface area contributed by atoms with E-state index in [1.807, 2.05) is 4.83 Å². The topological polar surface area (TPSA) is 155 Å². The minimum Gasteiger partial charge on any atom is -0.321 e. The minimum absolute atomic E-state index is 0.116. The second kappa shape index (κ2) is 9.76. The number of aromatic nitrogens is 1. The number of amides is 1. The number of H-pyrrole nitrogens is 1. The summed E-state index contributed by atoms with van der Waals surface area (Å²) in [6, 6.07) is 11.3. The summed E-state index contributed by atoms with van der Waals surface area (Å²) in [4.78, 5) is 38.7. The van der Waals surface area contributed by atoms with E-state index in [2.05, 4.69) is 10.4 Å². The SMILES string of the molecule is CCC(C)OP(=O)(O)c1cc2cc(S(=O)(=O)NNC(=O)c3ccccc3)c(Cl)cc2[nH]c1=O. The van der Waals surface area contributed by atoms with Gasteiger partial charge in [0, 0.05) is 16.5 Å². The van der Waals surface area contributed by atoms with Crippen molar-refractivity contribution in [3.63, 3.8) is 0 Å². The predicted molar refractivity (Wildman–Crippen MR) is 124 cm³/mol. The van der Waals surface area contributed by atoms with Crippen molar-refractivity contribution in [2.45, 2.75) is 31.3 Å². The zero-order valence-electron chi connectivity index (χ0n) is 17.5. The van der Waals surface area contributed by atoms with Crippen molar-refractivity contribution in [2.75, 3.05) is 0 Å². The molecule has 0 fully saturated rings. The van der Waals surface area contributed by atoms with Gasteiger partial charge >= 0.3 is 7.60 Å². The van der Waals surface area contributed by atoms with E-state index in [4.69, 9.17) is 16.1 Å². The van der Waals surface area contributed by atoms with Gasteiger partial charge in [0.25, 0.3) is 21.5 Å². The molecule has 13 heteroatoms. The molecule has 0 aliphatic heterocycles. The summed E-state index contributed by atoms with van der Waals surface area (Å²) in [7, 11) is -8.82. The van der Waals surface area contributed by atoms with E-state index in [1.54, 1.807) is 32.0 Å². The number of hydrazine groups is 1. The van der Waals surface area contributed by atoms with Crippen LogP contribution in [0, 0.1) is 0 Å². The lowest BCUT2D eigenvalue weighted by Crippen LogP contribution is -2.41. The summed E-state index contributed by atoms with van der Waals surface area (Å²) < 4.78 is 43.2. The summed E-state index contributed by atoms with van der Waals surface area (Å²) in [5.74, 6) is -0.689. The smallest absolute Gasteiger partial charge is 0.321 e. The fourth-order valence-electron chi connectivity index (χ4n) is 2.82. The molecule has 2 unspecified atom stereocenters. The number of carbonyl (C=O) groups excluding carboxylic acids is 1. The summed E-state index contributed by atoms with van der Waals surface area (Å²) in [5, 5.41) is -0.660. The molecule has 0 radical (unpaired) electrons. The Bertz CT molecular complexity index is 1410. The monoisotopic (exact) mass is 513 g/mol. The van der Waals surface area contributed by atoms with E-state index in [1.165, 1.54) is 18.2 Å². The Labute approximate surface area is 194 Å². The maximum absolute atomic E-state index is 12.8. The Balaban J connectivity index is 1.97. The normalized spacial score (nSPS) is 14.5. The van der Waals surface area contributed by atoms with E-state index in [9.17, 15) is 27.5 Å². The summed E-state index contributed by atoms with van der Waals surface area (Å²) in [6.45, 7) is 3.33. The van der Waals surface area contributed by atoms with E-state index < -0.39 is 45.4 Å². The highest BCUT2D eigenvalue weighted by Gasteiger charge is 2.29. The quantitative estimate of drug-likeness (QED) is 0.266. The summed E-state index contributed by atoms with van der Waals surface area (Å²) in [5.41, 5.74) is 1.60. The van der Waals surface area contributed by atoms with E-state index in [0.717, 1.165) is 12.1 Å². The maximum Gasteiger partial charge on any atom is 0.364 e. The highest BCUT2D eigenvalue weighted by atomic mass is 35.5. The molecule has 0 aliphatic rings. The lowest BCUT2D eigenvalue weighted by Gasteiger charge is -2.17. The number of hydrogen-bond donors (Lipinski definition) is 4. The molecule has 176 valence electrons. The first-order chi connectivity index (χ1) is 15.4. The number of carbonyl (C=O) groups is 1. The molecule has 2 atom stereocenters. The van der Waals surface area contributed by atoms with Crippen LogP contribution in [-0.4, -0.2) is 30.3 Å². The molecule has 10 nitrogen and oxygen atoms in total. The van der Waals surface area contributed by atoms with Crippen molar-refractivity contribution in [3.8, 4) is 0 Å². The highest BCUT2D eigenvalue weighted by molar-refractivity contribution is 7.89. The maximum atomic E-state index is 12.8. The van der Waals surface area contributed by atoms with Crippen molar-refractivity contribution in [2.24, 2.45) is 0 Å². The van der Waals surface area contributed by atoms with Crippen LogP contribution >= 0.6 is 19.2 Å². The molecule has 1 amide bonds. The van der Waals surface area contributed by atoms with E-state index >= 15 is 0 Å². The largest absolute Gasteiger partial charge is 0.364 e. The first-order valence-corrected chi connectivity index (χ1v) is 13.1. The number of aromatic amines is 1. The molecule has 0 aliphatic carbocycles. The molecule has 1 heterocycles.